The van der Waals surface area contributed by atoms with E-state index < -0.39 is 0 Å². The molecule has 1 amide bonds. The van der Waals surface area contributed by atoms with Gasteiger partial charge in [0.1, 0.15) is 0 Å². The molecule has 0 heterocycles. The third kappa shape index (κ3) is 6.26. The molecular formula is C14H17Cl2NO3. The van der Waals surface area contributed by atoms with Crippen molar-refractivity contribution in [3.63, 3.8) is 0 Å². The van der Waals surface area contributed by atoms with Crippen LogP contribution >= 0.6 is 23.2 Å². The first-order chi connectivity index (χ1) is 9.52. The molecule has 0 aliphatic heterocycles. The highest BCUT2D eigenvalue weighted by Gasteiger charge is 2.07. The second kappa shape index (κ2) is 8.82. The van der Waals surface area contributed by atoms with E-state index in [1.807, 2.05) is 0 Å². The number of aryl methyl sites for hydroxylation is 1. The normalized spacial score (nSPS) is 10.2. The molecule has 0 saturated carbocycles. The highest BCUT2D eigenvalue weighted by molar-refractivity contribution is 6.35. The molecule has 1 aromatic rings. The lowest BCUT2D eigenvalue weighted by Gasteiger charge is -2.06. The number of rotatable bonds is 7. The first kappa shape index (κ1) is 16.8. The zero-order chi connectivity index (χ0) is 15.0. The van der Waals surface area contributed by atoms with Gasteiger partial charge in [0, 0.05) is 23.0 Å². The fourth-order valence-electron chi connectivity index (χ4n) is 1.60. The van der Waals surface area contributed by atoms with Crippen LogP contribution in [-0.2, 0) is 20.7 Å². The summed E-state index contributed by atoms with van der Waals surface area (Å²) in [6.07, 6.45) is 1.02. The van der Waals surface area contributed by atoms with Gasteiger partial charge >= 0.3 is 5.97 Å². The first-order valence-electron chi connectivity index (χ1n) is 6.39. The van der Waals surface area contributed by atoms with Gasteiger partial charge in [-0.25, -0.2) is 0 Å². The number of esters is 1. The molecule has 0 aliphatic carbocycles. The van der Waals surface area contributed by atoms with Gasteiger partial charge in [0.15, 0.2) is 0 Å². The van der Waals surface area contributed by atoms with E-state index in [1.165, 1.54) is 0 Å². The predicted molar refractivity (Wildman–Crippen MR) is 79.0 cm³/mol. The minimum atomic E-state index is -0.312. The molecule has 0 aliphatic rings. The lowest BCUT2D eigenvalue weighted by Crippen LogP contribution is -2.26. The van der Waals surface area contributed by atoms with E-state index >= 15 is 0 Å². The summed E-state index contributed by atoms with van der Waals surface area (Å²) in [5, 5.41) is 3.78. The number of carbonyl (C=O) groups is 2. The largest absolute Gasteiger partial charge is 0.466 e. The molecule has 110 valence electrons. The van der Waals surface area contributed by atoms with Gasteiger partial charge < -0.3 is 10.1 Å². The van der Waals surface area contributed by atoms with Crippen molar-refractivity contribution in [1.82, 2.24) is 5.32 Å². The molecule has 0 saturated heterocycles. The Morgan fingerprint density at radius 2 is 2.00 bits per heavy atom. The molecule has 0 unspecified atom stereocenters. The Morgan fingerprint density at radius 1 is 1.25 bits per heavy atom. The molecule has 0 radical (unpaired) electrons. The Hall–Kier alpha value is -1.26. The van der Waals surface area contributed by atoms with Crippen LogP contribution < -0.4 is 5.32 Å². The number of benzene rings is 1. The number of carbonyl (C=O) groups excluding carboxylic acids is 2. The molecule has 0 aromatic heterocycles. The summed E-state index contributed by atoms with van der Waals surface area (Å²) < 4.78 is 4.76. The van der Waals surface area contributed by atoms with Crippen LogP contribution in [0.15, 0.2) is 18.2 Å². The molecule has 1 N–H and O–H groups in total. The fourth-order valence-corrected chi connectivity index (χ4v) is 2.10. The first-order valence-corrected chi connectivity index (χ1v) is 7.14. The standard InChI is InChI=1S/C14H17Cl2NO3/c1-2-20-14(19)7-8-17-13(18)6-4-10-3-5-11(15)9-12(10)16/h3,5,9H,2,4,6-8H2,1H3,(H,17,18). The van der Waals surface area contributed by atoms with E-state index in [-0.39, 0.29) is 24.8 Å². The Balaban J connectivity index is 2.28. The maximum atomic E-state index is 11.6. The zero-order valence-corrected chi connectivity index (χ0v) is 12.8. The van der Waals surface area contributed by atoms with E-state index in [0.29, 0.717) is 29.5 Å². The van der Waals surface area contributed by atoms with E-state index in [0.717, 1.165) is 5.56 Å². The van der Waals surface area contributed by atoms with Crippen LogP contribution in [0.1, 0.15) is 25.3 Å². The number of ether oxygens (including phenoxy) is 1. The maximum Gasteiger partial charge on any atom is 0.307 e. The van der Waals surface area contributed by atoms with E-state index in [4.69, 9.17) is 27.9 Å². The van der Waals surface area contributed by atoms with E-state index in [2.05, 4.69) is 5.32 Å². The topological polar surface area (TPSA) is 55.4 Å². The Labute approximate surface area is 128 Å². The highest BCUT2D eigenvalue weighted by atomic mass is 35.5. The lowest BCUT2D eigenvalue weighted by molar-refractivity contribution is -0.143. The van der Waals surface area contributed by atoms with Crippen LogP contribution in [0.25, 0.3) is 0 Å². The van der Waals surface area contributed by atoms with Crippen molar-refractivity contribution in [2.45, 2.75) is 26.2 Å². The van der Waals surface area contributed by atoms with Crippen molar-refractivity contribution in [1.29, 1.82) is 0 Å². The lowest BCUT2D eigenvalue weighted by atomic mass is 10.1. The van der Waals surface area contributed by atoms with Crippen molar-refractivity contribution >= 4 is 35.1 Å². The molecule has 0 fully saturated rings. The highest BCUT2D eigenvalue weighted by Crippen LogP contribution is 2.21. The molecular weight excluding hydrogens is 301 g/mol. The summed E-state index contributed by atoms with van der Waals surface area (Å²) in [5.41, 5.74) is 0.872. The van der Waals surface area contributed by atoms with Crippen molar-refractivity contribution in [2.24, 2.45) is 0 Å². The molecule has 20 heavy (non-hydrogen) atoms. The van der Waals surface area contributed by atoms with Gasteiger partial charge in [0.05, 0.1) is 13.0 Å². The average Bonchev–Trinajstić information content (AvgIpc) is 2.38. The van der Waals surface area contributed by atoms with Gasteiger partial charge in [-0.1, -0.05) is 29.3 Å². The maximum absolute atomic E-state index is 11.6. The second-order valence-electron chi connectivity index (χ2n) is 4.14. The number of hydrogen-bond acceptors (Lipinski definition) is 3. The number of nitrogens with one attached hydrogen (secondary N) is 1. The Bertz CT molecular complexity index is 477. The van der Waals surface area contributed by atoms with Crippen molar-refractivity contribution in [3.05, 3.63) is 33.8 Å². The summed E-state index contributed by atoms with van der Waals surface area (Å²) in [5.74, 6) is -0.436. The van der Waals surface area contributed by atoms with Gasteiger partial charge in [-0.3, -0.25) is 9.59 Å². The van der Waals surface area contributed by atoms with E-state index in [9.17, 15) is 9.59 Å². The van der Waals surface area contributed by atoms with Gasteiger partial charge in [-0.2, -0.15) is 0 Å². The molecule has 6 heteroatoms. The van der Waals surface area contributed by atoms with Crippen LogP contribution in [0.2, 0.25) is 10.0 Å². The third-order valence-electron chi connectivity index (χ3n) is 2.59. The Kier molecular flexibility index (Phi) is 7.41. The van der Waals surface area contributed by atoms with E-state index in [1.54, 1.807) is 25.1 Å². The van der Waals surface area contributed by atoms with Crippen molar-refractivity contribution < 1.29 is 14.3 Å². The zero-order valence-electron chi connectivity index (χ0n) is 11.2. The van der Waals surface area contributed by atoms with Gasteiger partial charge in [0.25, 0.3) is 0 Å². The minimum Gasteiger partial charge on any atom is -0.466 e. The van der Waals surface area contributed by atoms with Gasteiger partial charge in [-0.05, 0) is 31.0 Å². The van der Waals surface area contributed by atoms with Crippen LogP contribution in [0.4, 0.5) is 0 Å². The van der Waals surface area contributed by atoms with Crippen LogP contribution in [-0.4, -0.2) is 25.0 Å². The van der Waals surface area contributed by atoms with Crippen molar-refractivity contribution in [2.75, 3.05) is 13.2 Å². The number of amides is 1. The third-order valence-corrected chi connectivity index (χ3v) is 3.18. The summed E-state index contributed by atoms with van der Waals surface area (Å²) in [4.78, 5) is 22.7. The molecule has 0 spiro atoms. The number of halogens is 2. The second-order valence-corrected chi connectivity index (χ2v) is 4.98. The average molecular weight is 318 g/mol. The van der Waals surface area contributed by atoms with Crippen LogP contribution in [0.3, 0.4) is 0 Å². The summed E-state index contributed by atoms with van der Waals surface area (Å²) in [6, 6.07) is 5.19. The summed E-state index contributed by atoms with van der Waals surface area (Å²) >= 11 is 11.8. The summed E-state index contributed by atoms with van der Waals surface area (Å²) in [7, 11) is 0. The molecule has 1 rings (SSSR count). The predicted octanol–water partition coefficient (Wildman–Crippen LogP) is 3.00. The molecule has 4 nitrogen and oxygen atoms in total. The summed E-state index contributed by atoms with van der Waals surface area (Å²) in [6.45, 7) is 2.38. The molecule has 1 aromatic carbocycles. The van der Waals surface area contributed by atoms with Gasteiger partial charge in [-0.15, -0.1) is 0 Å². The van der Waals surface area contributed by atoms with Gasteiger partial charge in [0.2, 0.25) is 5.91 Å². The smallest absolute Gasteiger partial charge is 0.307 e. The Morgan fingerprint density at radius 3 is 2.65 bits per heavy atom. The van der Waals surface area contributed by atoms with Crippen molar-refractivity contribution in [3.8, 4) is 0 Å². The molecule has 0 atom stereocenters. The minimum absolute atomic E-state index is 0.125. The van der Waals surface area contributed by atoms with Crippen LogP contribution in [0, 0.1) is 0 Å². The SMILES string of the molecule is CCOC(=O)CCNC(=O)CCc1ccc(Cl)cc1Cl. The van der Waals surface area contributed by atoms with Crippen LogP contribution in [0.5, 0.6) is 0 Å². The monoisotopic (exact) mass is 317 g/mol. The fraction of sp³-hybridized carbons (Fsp3) is 0.429. The molecule has 0 bridgehead atoms. The quantitative estimate of drug-likeness (QED) is 0.786. The number of hydrogen-bond donors (Lipinski definition) is 1.